The molecule has 0 aliphatic carbocycles. The molecule has 0 spiro atoms. The number of hydrogen-bond donors (Lipinski definition) is 1. The number of alkyl halides is 6. The molecule has 40 heavy (non-hydrogen) atoms. The van der Waals surface area contributed by atoms with E-state index >= 15 is 0 Å². The predicted octanol–water partition coefficient (Wildman–Crippen LogP) is 6.48. The minimum Gasteiger partial charge on any atom is -0.373 e. The van der Waals surface area contributed by atoms with Crippen molar-refractivity contribution in [3.05, 3.63) is 71.9 Å². The van der Waals surface area contributed by atoms with Crippen LogP contribution in [0.2, 0.25) is 0 Å². The maximum atomic E-state index is 13.7. The second kappa shape index (κ2) is 10.6. The monoisotopic (exact) mass is 562 g/mol. The maximum absolute atomic E-state index is 13.7. The van der Waals surface area contributed by atoms with Crippen molar-refractivity contribution in [2.24, 2.45) is 0 Å². The summed E-state index contributed by atoms with van der Waals surface area (Å²) in [6, 6.07) is 8.79. The zero-order valence-corrected chi connectivity index (χ0v) is 21.4. The van der Waals surface area contributed by atoms with Crippen molar-refractivity contribution in [1.29, 1.82) is 0 Å². The molecule has 13 heteroatoms. The summed E-state index contributed by atoms with van der Waals surface area (Å²) in [7, 11) is 0. The molecule has 2 atom stereocenters. The third kappa shape index (κ3) is 6.15. The molecule has 4 aromatic rings. The topological polar surface area (TPSA) is 76.1 Å². The average molecular weight is 563 g/mol. The summed E-state index contributed by atoms with van der Waals surface area (Å²) >= 11 is 0. The maximum Gasteiger partial charge on any atom is 0.433 e. The molecule has 0 unspecified atom stereocenters. The van der Waals surface area contributed by atoms with Crippen molar-refractivity contribution in [3.63, 3.8) is 0 Å². The lowest BCUT2D eigenvalue weighted by molar-refractivity contribution is -0.141. The molecule has 7 nitrogen and oxygen atoms in total. The summed E-state index contributed by atoms with van der Waals surface area (Å²) < 4.78 is 85.7. The van der Waals surface area contributed by atoms with Gasteiger partial charge in [0.2, 0.25) is 0 Å². The quantitative estimate of drug-likeness (QED) is 0.279. The fraction of sp³-hybridized carbons (Fsp3) is 0.333. The van der Waals surface area contributed by atoms with Crippen LogP contribution in [-0.2, 0) is 23.6 Å². The van der Waals surface area contributed by atoms with Gasteiger partial charge in [0.05, 0.1) is 47.4 Å². The molecule has 0 saturated carbocycles. The lowest BCUT2D eigenvalue weighted by Crippen LogP contribution is -2.45. The first-order chi connectivity index (χ1) is 18.9. The van der Waals surface area contributed by atoms with E-state index in [-0.39, 0.29) is 35.0 Å². The lowest BCUT2D eigenvalue weighted by Gasteiger charge is -2.34. The van der Waals surface area contributed by atoms with E-state index < -0.39 is 23.6 Å². The molecule has 1 aromatic carbocycles. The molecule has 0 radical (unpaired) electrons. The predicted molar refractivity (Wildman–Crippen MR) is 136 cm³/mol. The minimum absolute atomic E-state index is 0.0171. The van der Waals surface area contributed by atoms with Crippen LogP contribution in [0.25, 0.3) is 22.2 Å². The highest BCUT2D eigenvalue weighted by Crippen LogP contribution is 2.37. The van der Waals surface area contributed by atoms with Crippen LogP contribution in [0.1, 0.15) is 30.9 Å². The average Bonchev–Trinajstić information content (AvgIpc) is 2.87. The van der Waals surface area contributed by atoms with Crippen molar-refractivity contribution >= 4 is 22.4 Å². The smallest absolute Gasteiger partial charge is 0.373 e. The van der Waals surface area contributed by atoms with E-state index in [0.29, 0.717) is 36.4 Å². The van der Waals surface area contributed by atoms with E-state index in [9.17, 15) is 26.3 Å². The number of ether oxygens (including phenoxy) is 1. The number of morpholine rings is 1. The summed E-state index contributed by atoms with van der Waals surface area (Å²) in [4.78, 5) is 18.8. The number of pyridine rings is 2. The molecule has 0 amide bonds. The van der Waals surface area contributed by atoms with E-state index in [0.717, 1.165) is 18.3 Å². The standard InChI is InChI=1S/C27H24F6N6O/c1-15-12-39(13-16(2)40-15)14-23-37-21-10-17(24-20(26(28,29)30)4-3-9-34-24)5-7-19(21)25(38-23)36-18-6-8-22(35-11-18)27(31,32)33/h3-11,15-16H,12-14H2,1-2H3,(H,36,37,38)/t15-,16+. The van der Waals surface area contributed by atoms with Crippen molar-refractivity contribution < 1.29 is 31.1 Å². The molecular weight excluding hydrogens is 538 g/mol. The van der Waals surface area contributed by atoms with Crippen LogP contribution in [-0.4, -0.2) is 50.1 Å². The highest BCUT2D eigenvalue weighted by molar-refractivity contribution is 5.93. The van der Waals surface area contributed by atoms with Crippen LogP contribution in [0.5, 0.6) is 0 Å². The third-order valence-corrected chi connectivity index (χ3v) is 6.31. The van der Waals surface area contributed by atoms with Crippen molar-refractivity contribution in [2.75, 3.05) is 18.4 Å². The van der Waals surface area contributed by atoms with Crippen LogP contribution in [0.3, 0.4) is 0 Å². The van der Waals surface area contributed by atoms with Crippen LogP contribution in [0, 0.1) is 0 Å². The number of nitrogens with one attached hydrogen (secondary N) is 1. The summed E-state index contributed by atoms with van der Waals surface area (Å²) in [6.45, 7) is 5.48. The molecule has 4 heterocycles. The van der Waals surface area contributed by atoms with Crippen molar-refractivity contribution in [3.8, 4) is 11.3 Å². The Bertz CT molecular complexity index is 1500. The second-order valence-electron chi connectivity index (χ2n) is 9.62. The number of halogens is 6. The van der Waals surface area contributed by atoms with Gasteiger partial charge in [0.1, 0.15) is 17.3 Å². The Labute approximate surface area is 225 Å². The summed E-state index contributed by atoms with van der Waals surface area (Å²) in [6.07, 6.45) is -6.91. The number of fused-ring (bicyclic) bond motifs is 1. The first-order valence-corrected chi connectivity index (χ1v) is 12.4. The Balaban J connectivity index is 1.57. The molecule has 5 rings (SSSR count). The van der Waals surface area contributed by atoms with Gasteiger partial charge in [0.25, 0.3) is 0 Å². The molecule has 210 valence electrons. The van der Waals surface area contributed by atoms with Crippen LogP contribution < -0.4 is 5.32 Å². The van der Waals surface area contributed by atoms with E-state index in [1.165, 1.54) is 30.5 Å². The Morgan fingerprint density at radius 3 is 2.33 bits per heavy atom. The number of anilines is 2. The van der Waals surface area contributed by atoms with E-state index in [1.54, 1.807) is 6.07 Å². The zero-order chi connectivity index (χ0) is 28.7. The molecule has 1 aliphatic rings. The molecule has 1 saturated heterocycles. The van der Waals surface area contributed by atoms with Crippen LogP contribution in [0.15, 0.2) is 54.9 Å². The van der Waals surface area contributed by atoms with Gasteiger partial charge in [-0.15, -0.1) is 0 Å². The number of benzene rings is 1. The van der Waals surface area contributed by atoms with Gasteiger partial charge in [-0.1, -0.05) is 6.07 Å². The first kappa shape index (κ1) is 27.7. The van der Waals surface area contributed by atoms with Gasteiger partial charge >= 0.3 is 12.4 Å². The van der Waals surface area contributed by atoms with E-state index in [1.807, 2.05) is 13.8 Å². The molecular formula is C27H24F6N6O. The van der Waals surface area contributed by atoms with Gasteiger partial charge in [-0.05, 0) is 50.2 Å². The summed E-state index contributed by atoms with van der Waals surface area (Å²) in [5, 5.41) is 3.45. The molecule has 1 aliphatic heterocycles. The van der Waals surface area contributed by atoms with Gasteiger partial charge < -0.3 is 10.1 Å². The fourth-order valence-corrected chi connectivity index (χ4v) is 4.74. The highest BCUT2D eigenvalue weighted by atomic mass is 19.4. The second-order valence-corrected chi connectivity index (χ2v) is 9.62. The molecule has 3 aromatic heterocycles. The van der Waals surface area contributed by atoms with E-state index in [4.69, 9.17) is 4.74 Å². The van der Waals surface area contributed by atoms with E-state index in [2.05, 4.69) is 30.2 Å². The van der Waals surface area contributed by atoms with Gasteiger partial charge in [0, 0.05) is 30.2 Å². The molecule has 1 N–H and O–H groups in total. The molecule has 1 fully saturated rings. The van der Waals surface area contributed by atoms with Crippen LogP contribution in [0.4, 0.5) is 37.8 Å². The Morgan fingerprint density at radius 1 is 0.925 bits per heavy atom. The highest BCUT2D eigenvalue weighted by Gasteiger charge is 2.34. The minimum atomic E-state index is -4.61. The number of hydrogen-bond acceptors (Lipinski definition) is 7. The zero-order valence-electron chi connectivity index (χ0n) is 21.4. The van der Waals surface area contributed by atoms with Gasteiger partial charge in [-0.2, -0.15) is 26.3 Å². The van der Waals surface area contributed by atoms with Crippen LogP contribution >= 0.6 is 0 Å². The number of aromatic nitrogens is 4. The normalized spacial score (nSPS) is 18.7. The number of nitrogens with zero attached hydrogens (tertiary/aromatic N) is 5. The Hall–Kier alpha value is -3.84. The summed E-state index contributed by atoms with van der Waals surface area (Å²) in [5.74, 6) is 0.657. The van der Waals surface area contributed by atoms with Gasteiger partial charge in [-0.25, -0.2) is 15.0 Å². The lowest BCUT2D eigenvalue weighted by atomic mass is 10.0. The summed E-state index contributed by atoms with van der Waals surface area (Å²) in [5.41, 5.74) is -1.36. The van der Waals surface area contributed by atoms with Gasteiger partial charge in [-0.3, -0.25) is 9.88 Å². The fourth-order valence-electron chi connectivity index (χ4n) is 4.74. The third-order valence-electron chi connectivity index (χ3n) is 6.31. The van der Waals surface area contributed by atoms with Gasteiger partial charge in [0.15, 0.2) is 0 Å². The Morgan fingerprint density at radius 2 is 1.68 bits per heavy atom. The largest absolute Gasteiger partial charge is 0.433 e. The number of rotatable bonds is 5. The molecule has 0 bridgehead atoms. The SMILES string of the molecule is C[C@@H]1CN(Cc2nc(Nc3ccc(C(F)(F)F)nc3)c3ccc(-c4ncccc4C(F)(F)F)cc3n2)C[C@H](C)O1. The van der Waals surface area contributed by atoms with Crippen molar-refractivity contribution in [1.82, 2.24) is 24.8 Å². The van der Waals surface area contributed by atoms with Crippen molar-refractivity contribution in [2.45, 2.75) is 45.0 Å². The Kier molecular flexibility index (Phi) is 7.36. The first-order valence-electron chi connectivity index (χ1n) is 12.4.